The molecule has 0 aromatic carbocycles. The van der Waals surface area contributed by atoms with Crippen molar-refractivity contribution in [1.29, 1.82) is 0 Å². The van der Waals surface area contributed by atoms with Crippen LogP contribution < -0.4 is 5.32 Å². The first-order chi connectivity index (χ1) is 11.9. The quantitative estimate of drug-likeness (QED) is 0.819. The van der Waals surface area contributed by atoms with Crippen molar-refractivity contribution in [1.82, 2.24) is 20.1 Å². The van der Waals surface area contributed by atoms with Gasteiger partial charge in [-0.3, -0.25) is 9.69 Å². The smallest absolute Gasteiger partial charge is 0.234 e. The van der Waals surface area contributed by atoms with Crippen molar-refractivity contribution in [2.45, 2.75) is 38.0 Å². The van der Waals surface area contributed by atoms with Crippen LogP contribution in [0.25, 0.3) is 0 Å². The van der Waals surface area contributed by atoms with E-state index in [1.165, 1.54) is 5.01 Å². The number of aryl methyl sites for hydroxylation is 1. The Hall–Kier alpha value is -1.02. The summed E-state index contributed by atoms with van der Waals surface area (Å²) in [5.74, 6) is 1.09. The first-order valence-electron chi connectivity index (χ1n) is 9.18. The topological polar surface area (TPSA) is 57.7 Å². The number of aromatic nitrogens is 1. The van der Waals surface area contributed by atoms with Gasteiger partial charge in [0.05, 0.1) is 24.8 Å². The van der Waals surface area contributed by atoms with Gasteiger partial charge in [-0.05, 0) is 33.9 Å². The molecular weight excluding hydrogens is 336 g/mol. The van der Waals surface area contributed by atoms with Gasteiger partial charge in [-0.2, -0.15) is 0 Å². The van der Waals surface area contributed by atoms with Crippen LogP contribution in [0.4, 0.5) is 0 Å². The maximum absolute atomic E-state index is 12.0. The Balaban J connectivity index is 1.38. The molecule has 138 valence electrons. The van der Waals surface area contributed by atoms with Gasteiger partial charge < -0.3 is 15.0 Å². The number of thiazole rings is 1. The Bertz CT molecular complexity index is 649. The molecule has 3 saturated heterocycles. The summed E-state index contributed by atoms with van der Waals surface area (Å²) in [4.78, 5) is 21.0. The highest BCUT2D eigenvalue weighted by atomic mass is 32.1. The van der Waals surface area contributed by atoms with Crippen molar-refractivity contribution < 1.29 is 9.53 Å². The predicted octanol–water partition coefficient (Wildman–Crippen LogP) is 1.11. The van der Waals surface area contributed by atoms with Crippen LogP contribution in [0.1, 0.15) is 23.5 Å². The Labute approximate surface area is 153 Å². The van der Waals surface area contributed by atoms with Gasteiger partial charge in [-0.1, -0.05) is 0 Å². The van der Waals surface area contributed by atoms with Gasteiger partial charge in [0.15, 0.2) is 0 Å². The maximum Gasteiger partial charge on any atom is 0.234 e. The molecule has 25 heavy (non-hydrogen) atoms. The second-order valence-electron chi connectivity index (χ2n) is 8.12. The molecule has 6 nitrogen and oxygen atoms in total. The number of carbonyl (C=O) groups is 1. The van der Waals surface area contributed by atoms with Crippen LogP contribution in [-0.2, 0) is 16.1 Å². The molecule has 0 unspecified atom stereocenters. The fourth-order valence-electron chi connectivity index (χ4n) is 4.92. The highest BCUT2D eigenvalue weighted by Gasteiger charge is 2.62. The second-order valence-corrected chi connectivity index (χ2v) is 9.07. The summed E-state index contributed by atoms with van der Waals surface area (Å²) in [7, 11) is 3.84. The monoisotopic (exact) mass is 364 g/mol. The number of rotatable bonds is 6. The maximum atomic E-state index is 12.0. The Morgan fingerprint density at radius 1 is 1.56 bits per heavy atom. The van der Waals surface area contributed by atoms with Gasteiger partial charge in [0.25, 0.3) is 0 Å². The van der Waals surface area contributed by atoms with E-state index in [2.05, 4.69) is 27.5 Å². The molecule has 7 heteroatoms. The highest BCUT2D eigenvalue weighted by molar-refractivity contribution is 7.09. The van der Waals surface area contributed by atoms with E-state index in [9.17, 15) is 4.79 Å². The average Bonchev–Trinajstić information content (AvgIpc) is 3.25. The van der Waals surface area contributed by atoms with E-state index in [4.69, 9.17) is 4.74 Å². The lowest BCUT2D eigenvalue weighted by atomic mass is 9.73. The number of ether oxygens (including phenoxy) is 1. The van der Waals surface area contributed by atoms with E-state index in [-0.39, 0.29) is 11.5 Å². The number of fused-ring (bicyclic) bond motifs is 1. The predicted molar refractivity (Wildman–Crippen MR) is 97.5 cm³/mol. The number of amides is 1. The SMILES string of the molecule is Cc1csc(CN2C[C@@H]3[C@H](CNC(=O)CN(C)C)[C@H]4CC[C@]3(C2)O4)n1. The zero-order chi connectivity index (χ0) is 17.6. The summed E-state index contributed by atoms with van der Waals surface area (Å²) in [5, 5.41) is 6.44. The van der Waals surface area contributed by atoms with Crippen molar-refractivity contribution in [3.8, 4) is 0 Å². The van der Waals surface area contributed by atoms with Gasteiger partial charge in [-0.15, -0.1) is 11.3 Å². The molecule has 3 aliphatic rings. The summed E-state index contributed by atoms with van der Waals surface area (Å²) in [5.41, 5.74) is 1.13. The van der Waals surface area contributed by atoms with E-state index in [0.29, 0.717) is 24.5 Å². The summed E-state index contributed by atoms with van der Waals surface area (Å²) in [6, 6.07) is 0. The van der Waals surface area contributed by atoms with Crippen LogP contribution in [0.3, 0.4) is 0 Å². The zero-order valence-electron chi connectivity index (χ0n) is 15.3. The number of nitrogens with zero attached hydrogens (tertiary/aromatic N) is 3. The van der Waals surface area contributed by atoms with Crippen LogP contribution in [-0.4, -0.2) is 72.7 Å². The molecule has 3 fully saturated rings. The number of nitrogens with one attached hydrogen (secondary N) is 1. The first-order valence-corrected chi connectivity index (χ1v) is 10.1. The van der Waals surface area contributed by atoms with Crippen molar-refractivity contribution >= 4 is 17.2 Å². The Kier molecular flexibility index (Phi) is 4.60. The molecule has 1 aromatic rings. The van der Waals surface area contributed by atoms with E-state index in [1.807, 2.05) is 19.0 Å². The molecule has 3 aliphatic heterocycles. The van der Waals surface area contributed by atoms with Crippen molar-refractivity contribution in [2.75, 3.05) is 40.3 Å². The minimum absolute atomic E-state index is 0.0217. The number of likely N-dealkylation sites (tertiary alicyclic amines) is 1. The fourth-order valence-corrected chi connectivity index (χ4v) is 5.73. The van der Waals surface area contributed by atoms with E-state index >= 15 is 0 Å². The third-order valence-electron chi connectivity index (χ3n) is 5.87. The molecule has 4 atom stereocenters. The summed E-state index contributed by atoms with van der Waals surface area (Å²) >= 11 is 1.75. The van der Waals surface area contributed by atoms with Gasteiger partial charge in [0.2, 0.25) is 5.91 Å². The number of hydrogen-bond donors (Lipinski definition) is 1. The van der Waals surface area contributed by atoms with Crippen LogP contribution in [0.5, 0.6) is 0 Å². The average molecular weight is 365 g/mol. The third kappa shape index (κ3) is 3.35. The lowest BCUT2D eigenvalue weighted by Crippen LogP contribution is -2.43. The largest absolute Gasteiger partial charge is 0.370 e. The summed E-state index contributed by atoms with van der Waals surface area (Å²) in [6.45, 7) is 6.23. The molecule has 0 radical (unpaired) electrons. The number of likely N-dealkylation sites (N-methyl/N-ethyl adjacent to an activating group) is 1. The standard InChI is InChI=1S/C18H28N4O2S/c1-12-10-25-17(20-12)9-22-7-14-13(6-19-16(23)8-21(2)3)15-4-5-18(14,11-22)24-15/h10,13-15H,4-9,11H2,1-3H3,(H,19,23)/t13-,14+,15+,18+/m0/s1. The molecule has 1 aromatic heterocycles. The van der Waals surface area contributed by atoms with Crippen molar-refractivity contribution in [2.24, 2.45) is 11.8 Å². The van der Waals surface area contributed by atoms with E-state index in [1.54, 1.807) is 11.3 Å². The molecule has 1 N–H and O–H groups in total. The highest BCUT2D eigenvalue weighted by Crippen LogP contribution is 2.54. The molecule has 0 saturated carbocycles. The Morgan fingerprint density at radius 2 is 2.40 bits per heavy atom. The molecule has 2 bridgehead atoms. The fraction of sp³-hybridized carbons (Fsp3) is 0.778. The lowest BCUT2D eigenvalue weighted by molar-refractivity contribution is -0.122. The molecule has 0 aliphatic carbocycles. The molecule has 4 rings (SSSR count). The minimum atomic E-state index is 0.0217. The Morgan fingerprint density at radius 3 is 3.12 bits per heavy atom. The van der Waals surface area contributed by atoms with Crippen molar-refractivity contribution in [3.05, 3.63) is 16.1 Å². The zero-order valence-corrected chi connectivity index (χ0v) is 16.1. The van der Waals surface area contributed by atoms with Gasteiger partial charge in [0.1, 0.15) is 5.01 Å². The summed E-state index contributed by atoms with van der Waals surface area (Å²) < 4.78 is 6.46. The van der Waals surface area contributed by atoms with Crippen molar-refractivity contribution in [3.63, 3.8) is 0 Å². The van der Waals surface area contributed by atoms with Gasteiger partial charge >= 0.3 is 0 Å². The molecule has 1 amide bonds. The van der Waals surface area contributed by atoms with Crippen LogP contribution >= 0.6 is 11.3 Å². The second kappa shape index (κ2) is 6.61. The lowest BCUT2D eigenvalue weighted by Gasteiger charge is -2.29. The van der Waals surface area contributed by atoms with E-state index < -0.39 is 0 Å². The van der Waals surface area contributed by atoms with Gasteiger partial charge in [-0.25, -0.2) is 4.98 Å². The molecular formula is C18H28N4O2S. The molecule has 1 spiro atoms. The first kappa shape index (κ1) is 17.4. The number of hydrogen-bond acceptors (Lipinski definition) is 6. The minimum Gasteiger partial charge on any atom is -0.370 e. The van der Waals surface area contributed by atoms with Crippen LogP contribution in [0.2, 0.25) is 0 Å². The normalized spacial score (nSPS) is 34.0. The van der Waals surface area contributed by atoms with Crippen LogP contribution in [0.15, 0.2) is 5.38 Å². The summed E-state index contributed by atoms with van der Waals surface area (Å²) in [6.07, 6.45) is 2.63. The molecule has 4 heterocycles. The number of carbonyl (C=O) groups excluding carboxylic acids is 1. The van der Waals surface area contributed by atoms with Gasteiger partial charge in [0, 0.05) is 42.5 Å². The van der Waals surface area contributed by atoms with Crippen LogP contribution in [0, 0.1) is 18.8 Å². The third-order valence-corrected chi connectivity index (χ3v) is 6.83. The van der Waals surface area contributed by atoms with E-state index in [0.717, 1.165) is 44.7 Å².